The number of likely N-dealkylation sites (tertiary alicyclic amines) is 1. The lowest BCUT2D eigenvalue weighted by Gasteiger charge is -2.29. The molecule has 0 aromatic heterocycles. The van der Waals surface area contributed by atoms with E-state index in [-0.39, 0.29) is 11.8 Å². The van der Waals surface area contributed by atoms with Crippen LogP contribution in [0, 0.1) is 5.92 Å². The molecule has 3 unspecified atom stereocenters. The highest BCUT2D eigenvalue weighted by molar-refractivity contribution is 6.43. The van der Waals surface area contributed by atoms with Gasteiger partial charge in [-0.15, -0.1) is 0 Å². The van der Waals surface area contributed by atoms with Crippen molar-refractivity contribution in [1.29, 1.82) is 0 Å². The van der Waals surface area contributed by atoms with Gasteiger partial charge < -0.3 is 20.7 Å². The Balaban J connectivity index is 2.65. The van der Waals surface area contributed by atoms with Crippen molar-refractivity contribution in [2.75, 3.05) is 6.54 Å². The quantitative estimate of drug-likeness (QED) is 0.559. The van der Waals surface area contributed by atoms with Crippen molar-refractivity contribution < 1.29 is 14.8 Å². The molecule has 0 aliphatic carbocycles. The number of amides is 1. The topological polar surface area (TPSA) is 86.8 Å². The molecule has 1 heterocycles. The summed E-state index contributed by atoms with van der Waals surface area (Å²) in [7, 11) is -1.46. The fourth-order valence-electron chi connectivity index (χ4n) is 2.06. The van der Waals surface area contributed by atoms with Gasteiger partial charge in [0.05, 0.1) is 12.0 Å². The van der Waals surface area contributed by atoms with Crippen molar-refractivity contribution >= 4 is 13.0 Å². The van der Waals surface area contributed by atoms with E-state index in [2.05, 4.69) is 0 Å². The molecule has 92 valence electrons. The molecular formula is C10H21BN2O3. The van der Waals surface area contributed by atoms with Crippen molar-refractivity contribution in [3.05, 3.63) is 0 Å². The van der Waals surface area contributed by atoms with Crippen LogP contribution in [0.4, 0.5) is 0 Å². The van der Waals surface area contributed by atoms with Crippen LogP contribution in [0.15, 0.2) is 0 Å². The average molecular weight is 228 g/mol. The summed E-state index contributed by atoms with van der Waals surface area (Å²) in [5.41, 5.74) is 5.86. The number of carbonyl (C=O) groups is 1. The van der Waals surface area contributed by atoms with Crippen LogP contribution in [0.1, 0.15) is 33.1 Å². The molecule has 0 aromatic carbocycles. The molecule has 6 heteroatoms. The SMILES string of the molecule is CCC(C)C(N)C(=O)N1CCCC1B(O)O. The van der Waals surface area contributed by atoms with E-state index in [1.807, 2.05) is 13.8 Å². The van der Waals surface area contributed by atoms with Crippen LogP contribution in [0.2, 0.25) is 0 Å². The van der Waals surface area contributed by atoms with Gasteiger partial charge in [0.1, 0.15) is 0 Å². The second-order valence-corrected chi connectivity index (χ2v) is 4.57. The summed E-state index contributed by atoms with van der Waals surface area (Å²) in [6.07, 6.45) is 2.28. The van der Waals surface area contributed by atoms with Crippen molar-refractivity contribution in [3.63, 3.8) is 0 Å². The van der Waals surface area contributed by atoms with Crippen LogP contribution < -0.4 is 5.73 Å². The molecule has 5 nitrogen and oxygen atoms in total. The summed E-state index contributed by atoms with van der Waals surface area (Å²) < 4.78 is 0. The zero-order valence-corrected chi connectivity index (χ0v) is 9.97. The van der Waals surface area contributed by atoms with Gasteiger partial charge in [0.15, 0.2) is 0 Å². The van der Waals surface area contributed by atoms with E-state index >= 15 is 0 Å². The predicted octanol–water partition coefficient (Wildman–Crippen LogP) is -0.637. The fraction of sp³-hybridized carbons (Fsp3) is 0.900. The first-order valence-electron chi connectivity index (χ1n) is 5.91. The van der Waals surface area contributed by atoms with Crippen LogP contribution in [-0.4, -0.2) is 46.5 Å². The number of rotatable bonds is 4. The first-order chi connectivity index (χ1) is 7.49. The minimum absolute atomic E-state index is 0.115. The van der Waals surface area contributed by atoms with Crippen LogP contribution in [0.3, 0.4) is 0 Å². The highest BCUT2D eigenvalue weighted by Gasteiger charge is 2.39. The fourth-order valence-corrected chi connectivity index (χ4v) is 2.06. The molecule has 16 heavy (non-hydrogen) atoms. The Morgan fingerprint density at radius 2 is 2.25 bits per heavy atom. The Hall–Kier alpha value is -0.585. The lowest BCUT2D eigenvalue weighted by Crippen LogP contribution is -2.53. The van der Waals surface area contributed by atoms with Crippen molar-refractivity contribution in [2.24, 2.45) is 11.7 Å². The molecule has 0 bridgehead atoms. The summed E-state index contributed by atoms with van der Waals surface area (Å²) in [5.74, 6) is -0.530. The zero-order chi connectivity index (χ0) is 12.3. The average Bonchev–Trinajstić information content (AvgIpc) is 2.74. The van der Waals surface area contributed by atoms with E-state index < -0.39 is 19.1 Å². The van der Waals surface area contributed by atoms with E-state index in [1.165, 1.54) is 4.90 Å². The maximum absolute atomic E-state index is 12.0. The first kappa shape index (κ1) is 13.5. The van der Waals surface area contributed by atoms with Gasteiger partial charge in [-0.25, -0.2) is 0 Å². The third-order valence-electron chi connectivity index (χ3n) is 3.47. The van der Waals surface area contributed by atoms with E-state index in [4.69, 9.17) is 15.8 Å². The molecule has 0 radical (unpaired) electrons. The molecule has 1 amide bonds. The first-order valence-corrected chi connectivity index (χ1v) is 5.91. The highest BCUT2D eigenvalue weighted by Crippen LogP contribution is 2.20. The van der Waals surface area contributed by atoms with Gasteiger partial charge in [-0.05, 0) is 18.8 Å². The van der Waals surface area contributed by atoms with Gasteiger partial charge in [-0.1, -0.05) is 20.3 Å². The Morgan fingerprint density at radius 3 is 2.75 bits per heavy atom. The monoisotopic (exact) mass is 228 g/mol. The van der Waals surface area contributed by atoms with Gasteiger partial charge >= 0.3 is 7.12 Å². The molecule has 3 atom stereocenters. The minimum atomic E-state index is -1.46. The lowest BCUT2D eigenvalue weighted by molar-refractivity contribution is -0.133. The predicted molar refractivity (Wildman–Crippen MR) is 62.4 cm³/mol. The molecular weight excluding hydrogens is 207 g/mol. The number of carbonyl (C=O) groups excluding carboxylic acids is 1. The molecule has 1 fully saturated rings. The molecule has 4 N–H and O–H groups in total. The second-order valence-electron chi connectivity index (χ2n) is 4.57. The van der Waals surface area contributed by atoms with Gasteiger partial charge in [0, 0.05) is 6.54 Å². The highest BCUT2D eigenvalue weighted by atomic mass is 16.4. The van der Waals surface area contributed by atoms with Crippen LogP contribution in [0.25, 0.3) is 0 Å². The summed E-state index contributed by atoms with van der Waals surface area (Å²) in [6, 6.07) is -0.538. The van der Waals surface area contributed by atoms with E-state index in [0.29, 0.717) is 13.0 Å². The number of nitrogens with zero attached hydrogens (tertiary/aromatic N) is 1. The van der Waals surface area contributed by atoms with Crippen molar-refractivity contribution in [3.8, 4) is 0 Å². The Morgan fingerprint density at radius 1 is 1.62 bits per heavy atom. The summed E-state index contributed by atoms with van der Waals surface area (Å²) in [4.78, 5) is 13.6. The Kier molecular flexibility index (Phi) is 4.77. The second kappa shape index (κ2) is 5.66. The normalized spacial score (nSPS) is 24.3. The van der Waals surface area contributed by atoms with Crippen LogP contribution >= 0.6 is 0 Å². The summed E-state index contributed by atoms with van der Waals surface area (Å²) >= 11 is 0. The van der Waals surface area contributed by atoms with Gasteiger partial charge in [-0.2, -0.15) is 0 Å². The third-order valence-corrected chi connectivity index (χ3v) is 3.47. The molecule has 1 aliphatic heterocycles. The molecule has 0 saturated carbocycles. The molecule has 1 aliphatic rings. The van der Waals surface area contributed by atoms with E-state index in [1.54, 1.807) is 0 Å². The molecule has 0 spiro atoms. The number of nitrogens with two attached hydrogens (primary N) is 1. The van der Waals surface area contributed by atoms with E-state index in [9.17, 15) is 4.79 Å². The van der Waals surface area contributed by atoms with Gasteiger partial charge in [0.2, 0.25) is 5.91 Å². The van der Waals surface area contributed by atoms with E-state index in [0.717, 1.165) is 12.8 Å². The largest absolute Gasteiger partial charge is 0.475 e. The lowest BCUT2D eigenvalue weighted by atomic mass is 9.77. The summed E-state index contributed by atoms with van der Waals surface area (Å²) in [5, 5.41) is 18.3. The van der Waals surface area contributed by atoms with Crippen LogP contribution in [-0.2, 0) is 4.79 Å². The van der Waals surface area contributed by atoms with Crippen LogP contribution in [0.5, 0.6) is 0 Å². The Labute approximate surface area is 96.8 Å². The summed E-state index contributed by atoms with van der Waals surface area (Å²) in [6.45, 7) is 4.49. The smallest absolute Gasteiger partial charge is 0.426 e. The number of hydrogen-bond donors (Lipinski definition) is 3. The Bertz CT molecular complexity index is 250. The molecule has 1 rings (SSSR count). The van der Waals surface area contributed by atoms with Gasteiger partial charge in [-0.3, -0.25) is 4.79 Å². The van der Waals surface area contributed by atoms with Crippen molar-refractivity contribution in [2.45, 2.75) is 45.1 Å². The third kappa shape index (κ3) is 2.75. The maximum atomic E-state index is 12.0. The zero-order valence-electron chi connectivity index (χ0n) is 9.97. The molecule has 1 saturated heterocycles. The van der Waals surface area contributed by atoms with Crippen molar-refractivity contribution in [1.82, 2.24) is 4.90 Å². The minimum Gasteiger partial charge on any atom is -0.426 e. The molecule has 0 aromatic rings. The standard InChI is InChI=1S/C10H21BN2O3/c1-3-7(2)9(12)10(14)13-6-4-5-8(13)11(15)16/h7-9,15-16H,3-6,12H2,1-2H3. The maximum Gasteiger partial charge on any atom is 0.475 e. The number of hydrogen-bond acceptors (Lipinski definition) is 4. The van der Waals surface area contributed by atoms with Gasteiger partial charge in [0.25, 0.3) is 0 Å².